The fraction of sp³-hybridized carbons (Fsp3) is 0.308. The van der Waals surface area contributed by atoms with Gasteiger partial charge >= 0.3 is 0 Å². The summed E-state index contributed by atoms with van der Waals surface area (Å²) in [5, 5.41) is 2.53. The maximum Gasteiger partial charge on any atom is 0.238 e. The monoisotopic (exact) mass is 247 g/mol. The van der Waals surface area contributed by atoms with Crippen LogP contribution in [0.5, 0.6) is 5.75 Å². The number of rotatable bonds is 3. The molecule has 18 heavy (non-hydrogen) atoms. The molecule has 1 saturated heterocycles. The average Bonchev–Trinajstić information content (AvgIpc) is 2.38. The minimum absolute atomic E-state index is 0.192. The van der Waals surface area contributed by atoms with Crippen molar-refractivity contribution in [2.45, 2.75) is 6.42 Å². The van der Waals surface area contributed by atoms with E-state index in [9.17, 15) is 14.4 Å². The average molecular weight is 247 g/mol. The molecule has 1 amide bonds. The number of hydrogen-bond donors (Lipinski definition) is 1. The SMILES string of the molecule is COc1ccccc1C(=O)C1C(=O)CCNC1=O. The summed E-state index contributed by atoms with van der Waals surface area (Å²) in [7, 11) is 1.44. The Kier molecular flexibility index (Phi) is 3.41. The Morgan fingerprint density at radius 2 is 2.06 bits per heavy atom. The number of ether oxygens (including phenoxy) is 1. The standard InChI is InChI=1S/C13H13NO4/c1-18-10-5-3-2-4-8(10)12(16)11-9(15)6-7-14-13(11)17/h2-5,11H,6-7H2,1H3,(H,14,17). The first-order valence-corrected chi connectivity index (χ1v) is 5.63. The number of ketones is 2. The Morgan fingerprint density at radius 1 is 1.33 bits per heavy atom. The van der Waals surface area contributed by atoms with Crippen molar-refractivity contribution in [1.82, 2.24) is 5.32 Å². The molecule has 0 saturated carbocycles. The van der Waals surface area contributed by atoms with Gasteiger partial charge in [-0.05, 0) is 12.1 Å². The van der Waals surface area contributed by atoms with Crippen LogP contribution in [0.4, 0.5) is 0 Å². The second-order valence-corrected chi connectivity index (χ2v) is 4.00. The molecule has 1 aliphatic rings. The zero-order valence-electron chi connectivity index (χ0n) is 9.93. The molecule has 0 aliphatic carbocycles. The number of methoxy groups -OCH3 is 1. The van der Waals surface area contributed by atoms with E-state index in [1.165, 1.54) is 7.11 Å². The summed E-state index contributed by atoms with van der Waals surface area (Å²) in [6.07, 6.45) is 0.192. The van der Waals surface area contributed by atoms with Crippen molar-refractivity contribution in [3.63, 3.8) is 0 Å². The van der Waals surface area contributed by atoms with Crippen LogP contribution < -0.4 is 10.1 Å². The molecule has 5 heteroatoms. The number of carbonyl (C=O) groups excluding carboxylic acids is 3. The van der Waals surface area contributed by atoms with Gasteiger partial charge in [-0.3, -0.25) is 14.4 Å². The van der Waals surface area contributed by atoms with Gasteiger partial charge in [0.15, 0.2) is 17.5 Å². The first-order valence-electron chi connectivity index (χ1n) is 5.63. The minimum atomic E-state index is -1.24. The summed E-state index contributed by atoms with van der Waals surface area (Å²) < 4.78 is 5.06. The smallest absolute Gasteiger partial charge is 0.238 e. The fourth-order valence-corrected chi connectivity index (χ4v) is 1.97. The zero-order chi connectivity index (χ0) is 13.1. The van der Waals surface area contributed by atoms with Crippen molar-refractivity contribution in [3.8, 4) is 5.75 Å². The summed E-state index contributed by atoms with van der Waals surface area (Å²) in [6, 6.07) is 6.56. The summed E-state index contributed by atoms with van der Waals surface area (Å²) in [5.41, 5.74) is 0.260. The first kappa shape index (κ1) is 12.3. The third-order valence-corrected chi connectivity index (χ3v) is 2.89. The number of amides is 1. The van der Waals surface area contributed by atoms with E-state index >= 15 is 0 Å². The Bertz CT molecular complexity index is 493. The molecular formula is C13H13NO4. The number of hydrogen-bond acceptors (Lipinski definition) is 4. The van der Waals surface area contributed by atoms with Gasteiger partial charge in [0.05, 0.1) is 12.7 Å². The van der Waals surface area contributed by atoms with Crippen molar-refractivity contribution < 1.29 is 19.1 Å². The van der Waals surface area contributed by atoms with Crippen molar-refractivity contribution in [3.05, 3.63) is 29.8 Å². The predicted octanol–water partition coefficient (Wildman–Crippen LogP) is 0.583. The molecule has 0 spiro atoms. The molecule has 1 aromatic carbocycles. The number of Topliss-reactive ketones (excluding diaryl/α,β-unsaturated/α-hetero) is 2. The number of benzene rings is 1. The lowest BCUT2D eigenvalue weighted by atomic mass is 9.88. The van der Waals surface area contributed by atoms with Crippen LogP contribution >= 0.6 is 0 Å². The first-order chi connectivity index (χ1) is 8.65. The van der Waals surface area contributed by atoms with Crippen LogP contribution in [-0.4, -0.2) is 31.1 Å². The highest BCUT2D eigenvalue weighted by atomic mass is 16.5. The Hall–Kier alpha value is -2.17. The van der Waals surface area contributed by atoms with Gasteiger partial charge < -0.3 is 10.1 Å². The van der Waals surface area contributed by atoms with E-state index in [1.807, 2.05) is 0 Å². The van der Waals surface area contributed by atoms with Gasteiger partial charge in [0.25, 0.3) is 0 Å². The topological polar surface area (TPSA) is 72.5 Å². The van der Waals surface area contributed by atoms with Gasteiger partial charge in [-0.2, -0.15) is 0 Å². The quantitative estimate of drug-likeness (QED) is 0.626. The zero-order valence-corrected chi connectivity index (χ0v) is 9.93. The predicted molar refractivity (Wildman–Crippen MR) is 63.4 cm³/mol. The molecule has 0 radical (unpaired) electrons. The Balaban J connectivity index is 2.35. The lowest BCUT2D eigenvalue weighted by Crippen LogP contribution is -2.46. The van der Waals surface area contributed by atoms with Crippen molar-refractivity contribution in [2.24, 2.45) is 5.92 Å². The van der Waals surface area contributed by atoms with E-state index in [2.05, 4.69) is 5.32 Å². The van der Waals surface area contributed by atoms with Crippen molar-refractivity contribution in [2.75, 3.05) is 13.7 Å². The van der Waals surface area contributed by atoms with Crippen molar-refractivity contribution in [1.29, 1.82) is 0 Å². The molecule has 1 aromatic rings. The number of piperidine rings is 1. The molecule has 1 N–H and O–H groups in total. The summed E-state index contributed by atoms with van der Waals surface area (Å²) in [4.78, 5) is 35.6. The molecule has 1 unspecified atom stereocenters. The van der Waals surface area contributed by atoms with Gasteiger partial charge in [-0.15, -0.1) is 0 Å². The van der Waals surface area contributed by atoms with Crippen LogP contribution in [0, 0.1) is 5.92 Å². The second kappa shape index (κ2) is 5.00. The molecular weight excluding hydrogens is 234 g/mol. The van der Waals surface area contributed by atoms with Gasteiger partial charge in [-0.1, -0.05) is 12.1 Å². The molecule has 1 heterocycles. The van der Waals surface area contributed by atoms with Crippen LogP contribution in [0.1, 0.15) is 16.8 Å². The van der Waals surface area contributed by atoms with Crippen LogP contribution in [0.2, 0.25) is 0 Å². The molecule has 1 atom stereocenters. The summed E-state index contributed by atoms with van der Waals surface area (Å²) in [6.45, 7) is 0.299. The maximum absolute atomic E-state index is 12.2. The molecule has 1 aliphatic heterocycles. The number of carbonyl (C=O) groups is 3. The third-order valence-electron chi connectivity index (χ3n) is 2.89. The van der Waals surface area contributed by atoms with E-state index in [1.54, 1.807) is 24.3 Å². The van der Waals surface area contributed by atoms with Gasteiger partial charge in [-0.25, -0.2) is 0 Å². The second-order valence-electron chi connectivity index (χ2n) is 4.00. The summed E-state index contributed by atoms with van der Waals surface area (Å²) in [5.74, 6) is -2.24. The third kappa shape index (κ3) is 2.11. The van der Waals surface area contributed by atoms with E-state index in [0.29, 0.717) is 12.3 Å². The molecule has 2 rings (SSSR count). The van der Waals surface area contributed by atoms with Gasteiger partial charge in [0.1, 0.15) is 5.75 Å². The maximum atomic E-state index is 12.2. The van der Waals surface area contributed by atoms with E-state index in [4.69, 9.17) is 4.74 Å². The van der Waals surface area contributed by atoms with Crippen molar-refractivity contribution >= 4 is 17.5 Å². The van der Waals surface area contributed by atoms with E-state index < -0.39 is 17.6 Å². The largest absolute Gasteiger partial charge is 0.496 e. The van der Waals surface area contributed by atoms with E-state index in [-0.39, 0.29) is 17.8 Å². The molecule has 0 bridgehead atoms. The lowest BCUT2D eigenvalue weighted by molar-refractivity contribution is -0.134. The van der Waals surface area contributed by atoms with Gasteiger partial charge in [0, 0.05) is 13.0 Å². The fourth-order valence-electron chi connectivity index (χ4n) is 1.97. The summed E-state index contributed by atoms with van der Waals surface area (Å²) >= 11 is 0. The number of nitrogens with one attached hydrogen (secondary N) is 1. The molecule has 0 aromatic heterocycles. The molecule has 1 fully saturated rings. The molecule has 5 nitrogen and oxygen atoms in total. The Morgan fingerprint density at radius 3 is 2.72 bits per heavy atom. The normalized spacial score (nSPS) is 19.3. The van der Waals surface area contributed by atoms with Crippen LogP contribution in [0.3, 0.4) is 0 Å². The number of para-hydroxylation sites is 1. The Labute approximate surface area is 104 Å². The minimum Gasteiger partial charge on any atom is -0.496 e. The van der Waals surface area contributed by atoms with Crippen LogP contribution in [0.25, 0.3) is 0 Å². The van der Waals surface area contributed by atoms with Gasteiger partial charge in [0.2, 0.25) is 5.91 Å². The van der Waals surface area contributed by atoms with E-state index in [0.717, 1.165) is 0 Å². The molecule has 94 valence electrons. The highest BCUT2D eigenvalue weighted by Crippen LogP contribution is 2.23. The van der Waals surface area contributed by atoms with Crippen LogP contribution in [0.15, 0.2) is 24.3 Å². The van der Waals surface area contributed by atoms with Crippen LogP contribution in [-0.2, 0) is 9.59 Å². The highest BCUT2D eigenvalue weighted by molar-refractivity contribution is 6.25. The highest BCUT2D eigenvalue weighted by Gasteiger charge is 2.37. The lowest BCUT2D eigenvalue weighted by Gasteiger charge is -2.20.